The summed E-state index contributed by atoms with van der Waals surface area (Å²) >= 11 is 0. The molecule has 3 aromatic carbocycles. The Kier molecular flexibility index (Phi) is 7.49. The molecular weight excluding hydrogens is 498 g/mol. The maximum absolute atomic E-state index is 13.0. The van der Waals surface area contributed by atoms with E-state index in [1.165, 1.54) is 34.6 Å². The van der Waals surface area contributed by atoms with Gasteiger partial charge >= 0.3 is 0 Å². The second-order valence-electron chi connectivity index (χ2n) is 8.90. The van der Waals surface area contributed by atoms with Crippen molar-refractivity contribution < 1.29 is 21.6 Å². The Bertz CT molecular complexity index is 1480. The highest BCUT2D eigenvalue weighted by Crippen LogP contribution is 2.24. The minimum Gasteiger partial charge on any atom is -0.322 e. The Morgan fingerprint density at radius 2 is 1.50 bits per heavy atom. The molecule has 1 saturated heterocycles. The standard InChI is InChI=1S/C26H29N3O5S2/c1-19-7-6-8-23(17-19)28-35(31,32)25-18-21(10-9-20(25)2)26(30)27-22-11-13-24(14-12-22)36(33,34)29-15-4-3-5-16-29/h6-14,17-18,28H,3-5,15-16H2,1-2H3,(H,27,30). The van der Waals surface area contributed by atoms with Crippen LogP contribution in [0.5, 0.6) is 0 Å². The summed E-state index contributed by atoms with van der Waals surface area (Å²) in [7, 11) is -7.49. The number of hydrogen-bond acceptors (Lipinski definition) is 5. The summed E-state index contributed by atoms with van der Waals surface area (Å²) in [4.78, 5) is 13.1. The summed E-state index contributed by atoms with van der Waals surface area (Å²) in [5.74, 6) is -0.506. The number of amides is 1. The first-order valence-electron chi connectivity index (χ1n) is 11.7. The molecule has 0 radical (unpaired) electrons. The Morgan fingerprint density at radius 3 is 2.17 bits per heavy atom. The average Bonchev–Trinajstić information content (AvgIpc) is 2.85. The van der Waals surface area contributed by atoms with Gasteiger partial charge in [-0.05, 0) is 86.3 Å². The number of aryl methyl sites for hydroxylation is 2. The third-order valence-corrected chi connectivity index (χ3v) is 9.51. The fourth-order valence-electron chi connectivity index (χ4n) is 4.12. The van der Waals surface area contributed by atoms with E-state index < -0.39 is 26.0 Å². The molecule has 190 valence electrons. The predicted octanol–water partition coefficient (Wildman–Crippen LogP) is 4.53. The van der Waals surface area contributed by atoms with E-state index in [4.69, 9.17) is 0 Å². The molecule has 1 amide bonds. The van der Waals surface area contributed by atoms with Gasteiger partial charge < -0.3 is 5.32 Å². The number of piperidine rings is 1. The number of carbonyl (C=O) groups excluding carboxylic acids is 1. The van der Waals surface area contributed by atoms with Crippen molar-refractivity contribution in [1.29, 1.82) is 0 Å². The molecule has 1 aliphatic heterocycles. The summed E-state index contributed by atoms with van der Waals surface area (Å²) in [6.07, 6.45) is 2.73. The van der Waals surface area contributed by atoms with Crippen molar-refractivity contribution in [3.8, 4) is 0 Å². The summed E-state index contributed by atoms with van der Waals surface area (Å²) in [6, 6.07) is 17.4. The summed E-state index contributed by atoms with van der Waals surface area (Å²) < 4.78 is 55.8. The van der Waals surface area contributed by atoms with Crippen molar-refractivity contribution in [2.45, 2.75) is 42.9 Å². The number of anilines is 2. The molecule has 0 saturated carbocycles. The second kappa shape index (κ2) is 10.4. The van der Waals surface area contributed by atoms with Crippen molar-refractivity contribution in [2.75, 3.05) is 23.1 Å². The zero-order chi connectivity index (χ0) is 25.9. The number of carbonyl (C=O) groups is 1. The Morgan fingerprint density at radius 1 is 0.806 bits per heavy atom. The lowest BCUT2D eigenvalue weighted by atomic mass is 10.1. The fourth-order valence-corrected chi connectivity index (χ4v) is 6.96. The van der Waals surface area contributed by atoms with E-state index in [9.17, 15) is 21.6 Å². The van der Waals surface area contributed by atoms with Crippen LogP contribution in [0.25, 0.3) is 0 Å². The van der Waals surface area contributed by atoms with Gasteiger partial charge in [0.15, 0.2) is 0 Å². The zero-order valence-electron chi connectivity index (χ0n) is 20.2. The van der Waals surface area contributed by atoms with Gasteiger partial charge in [0.1, 0.15) is 0 Å². The maximum atomic E-state index is 13.0. The molecule has 0 aliphatic carbocycles. The molecule has 0 spiro atoms. The normalized spacial score (nSPS) is 14.8. The topological polar surface area (TPSA) is 113 Å². The molecule has 1 aliphatic rings. The van der Waals surface area contributed by atoms with Crippen LogP contribution in [0.1, 0.15) is 40.7 Å². The van der Waals surface area contributed by atoms with E-state index in [1.807, 2.05) is 13.0 Å². The zero-order valence-corrected chi connectivity index (χ0v) is 21.8. The van der Waals surface area contributed by atoms with Crippen LogP contribution in [0, 0.1) is 13.8 Å². The number of nitrogens with one attached hydrogen (secondary N) is 2. The fraction of sp³-hybridized carbons (Fsp3) is 0.269. The van der Waals surface area contributed by atoms with Crippen LogP contribution in [0.15, 0.2) is 76.5 Å². The van der Waals surface area contributed by atoms with Crippen LogP contribution in [0.2, 0.25) is 0 Å². The molecular formula is C26H29N3O5S2. The lowest BCUT2D eigenvalue weighted by Crippen LogP contribution is -2.35. The summed E-state index contributed by atoms with van der Waals surface area (Å²) in [5, 5.41) is 2.71. The van der Waals surface area contributed by atoms with Crippen molar-refractivity contribution in [3.63, 3.8) is 0 Å². The van der Waals surface area contributed by atoms with Crippen molar-refractivity contribution >= 4 is 37.3 Å². The van der Waals surface area contributed by atoms with Crippen molar-refractivity contribution in [3.05, 3.63) is 83.4 Å². The van der Waals surface area contributed by atoms with Crippen LogP contribution in [0.3, 0.4) is 0 Å². The second-order valence-corrected chi connectivity index (χ2v) is 12.5. The Hall–Kier alpha value is -3.21. The van der Waals surface area contributed by atoms with Gasteiger partial charge in [0.2, 0.25) is 10.0 Å². The van der Waals surface area contributed by atoms with E-state index in [0.717, 1.165) is 24.8 Å². The summed E-state index contributed by atoms with van der Waals surface area (Å²) in [5.41, 5.74) is 2.41. The van der Waals surface area contributed by atoms with Crippen molar-refractivity contribution in [2.24, 2.45) is 0 Å². The molecule has 1 heterocycles. The van der Waals surface area contributed by atoms with Crippen molar-refractivity contribution in [1.82, 2.24) is 4.31 Å². The molecule has 1 fully saturated rings. The number of hydrogen-bond donors (Lipinski definition) is 2. The Balaban J connectivity index is 1.51. The third-order valence-electron chi connectivity index (χ3n) is 6.08. The highest BCUT2D eigenvalue weighted by molar-refractivity contribution is 7.92. The first-order chi connectivity index (χ1) is 17.1. The molecule has 2 N–H and O–H groups in total. The van der Waals surface area contributed by atoms with Crippen LogP contribution in [0.4, 0.5) is 11.4 Å². The molecule has 10 heteroatoms. The lowest BCUT2D eigenvalue weighted by Gasteiger charge is -2.25. The number of rotatable bonds is 7. The molecule has 4 rings (SSSR count). The van der Waals surface area contributed by atoms with Gasteiger partial charge in [-0.25, -0.2) is 16.8 Å². The average molecular weight is 528 g/mol. The van der Waals surface area contributed by atoms with Crippen LogP contribution >= 0.6 is 0 Å². The molecule has 0 aromatic heterocycles. The monoisotopic (exact) mass is 527 g/mol. The smallest absolute Gasteiger partial charge is 0.262 e. The van der Waals surface area contributed by atoms with Gasteiger partial charge in [0.25, 0.3) is 15.9 Å². The molecule has 0 unspecified atom stereocenters. The quantitative estimate of drug-likeness (QED) is 0.469. The number of nitrogens with zero attached hydrogens (tertiary/aromatic N) is 1. The number of sulfonamides is 2. The van der Waals surface area contributed by atoms with Gasteiger partial charge in [-0.15, -0.1) is 0 Å². The van der Waals surface area contributed by atoms with E-state index in [0.29, 0.717) is 30.0 Å². The van der Waals surface area contributed by atoms with E-state index >= 15 is 0 Å². The highest BCUT2D eigenvalue weighted by Gasteiger charge is 2.26. The molecule has 36 heavy (non-hydrogen) atoms. The minimum absolute atomic E-state index is 0.000344. The molecule has 0 atom stereocenters. The third kappa shape index (κ3) is 5.77. The minimum atomic E-state index is -3.92. The predicted molar refractivity (Wildman–Crippen MR) is 140 cm³/mol. The van der Waals surface area contributed by atoms with E-state index in [-0.39, 0.29) is 15.4 Å². The molecule has 8 nitrogen and oxygen atoms in total. The van der Waals surface area contributed by atoms with Crippen LogP contribution in [-0.4, -0.2) is 40.1 Å². The summed E-state index contributed by atoms with van der Waals surface area (Å²) in [6.45, 7) is 4.55. The first kappa shape index (κ1) is 25.9. The van der Waals surface area contributed by atoms with E-state index in [1.54, 1.807) is 37.3 Å². The van der Waals surface area contributed by atoms with Crippen LogP contribution < -0.4 is 10.0 Å². The number of benzene rings is 3. The maximum Gasteiger partial charge on any atom is 0.262 e. The van der Waals surface area contributed by atoms with Gasteiger partial charge in [0, 0.05) is 30.0 Å². The van der Waals surface area contributed by atoms with Gasteiger partial charge in [0.05, 0.1) is 9.79 Å². The highest BCUT2D eigenvalue weighted by atomic mass is 32.2. The van der Waals surface area contributed by atoms with Gasteiger partial charge in [-0.1, -0.05) is 24.6 Å². The van der Waals surface area contributed by atoms with Gasteiger partial charge in [-0.3, -0.25) is 9.52 Å². The lowest BCUT2D eigenvalue weighted by molar-refractivity contribution is 0.102. The Labute approximate surface area is 212 Å². The molecule has 3 aromatic rings. The van der Waals surface area contributed by atoms with E-state index in [2.05, 4.69) is 10.0 Å². The van der Waals surface area contributed by atoms with Gasteiger partial charge in [-0.2, -0.15) is 4.31 Å². The molecule has 0 bridgehead atoms. The largest absolute Gasteiger partial charge is 0.322 e. The van der Waals surface area contributed by atoms with Crippen LogP contribution in [-0.2, 0) is 20.0 Å². The first-order valence-corrected chi connectivity index (χ1v) is 14.6. The SMILES string of the molecule is Cc1cccc(NS(=O)(=O)c2cc(C(=O)Nc3ccc(S(=O)(=O)N4CCCCC4)cc3)ccc2C)c1.